The second kappa shape index (κ2) is 8.85. The molecule has 6 nitrogen and oxygen atoms in total. The van der Waals surface area contributed by atoms with Crippen LogP contribution in [-0.4, -0.2) is 54.8 Å². The molecule has 0 atom stereocenters. The van der Waals surface area contributed by atoms with E-state index in [9.17, 15) is 10.1 Å². The van der Waals surface area contributed by atoms with Crippen LogP contribution in [0.4, 0.5) is 0 Å². The number of nitrogens with one attached hydrogen (secondary N) is 1. The summed E-state index contributed by atoms with van der Waals surface area (Å²) in [5.41, 5.74) is 3.94. The monoisotopic (exact) mass is 366 g/mol. The first-order valence-electron chi connectivity index (χ1n) is 9.37. The topological polar surface area (TPSA) is 70.3 Å². The molecule has 0 spiro atoms. The summed E-state index contributed by atoms with van der Waals surface area (Å²) in [5.74, 6) is -0.210. The van der Waals surface area contributed by atoms with Crippen molar-refractivity contribution in [3.63, 3.8) is 0 Å². The average Bonchev–Trinajstić information content (AvgIpc) is 3.10. The minimum atomic E-state index is -0.210. The van der Waals surface area contributed by atoms with Gasteiger partial charge >= 0.3 is 0 Å². The molecular formula is C21H26N4O2. The molecule has 1 aliphatic rings. The number of aromatic nitrogens is 1. The fraction of sp³-hybridized carbons (Fsp3) is 0.429. The Hall–Kier alpha value is -2.62. The third kappa shape index (κ3) is 4.57. The number of carbonyl (C=O) groups excluding carboxylic acids is 1. The largest absolute Gasteiger partial charge is 0.379 e. The van der Waals surface area contributed by atoms with Crippen LogP contribution in [0.3, 0.4) is 0 Å². The normalized spacial score (nSPS) is 14.7. The maximum absolute atomic E-state index is 12.8. The highest BCUT2D eigenvalue weighted by Gasteiger charge is 2.19. The fourth-order valence-electron chi connectivity index (χ4n) is 3.44. The number of aryl methyl sites for hydroxylation is 2. The second-order valence-electron chi connectivity index (χ2n) is 6.91. The van der Waals surface area contributed by atoms with Crippen molar-refractivity contribution in [2.75, 3.05) is 39.4 Å². The zero-order valence-electron chi connectivity index (χ0n) is 16.0. The quantitative estimate of drug-likeness (QED) is 0.797. The first-order chi connectivity index (χ1) is 13.1. The first kappa shape index (κ1) is 19.2. The number of nitrogens with zero attached hydrogens (tertiary/aromatic N) is 3. The summed E-state index contributed by atoms with van der Waals surface area (Å²) in [6.45, 7) is 9.02. The van der Waals surface area contributed by atoms with Crippen LogP contribution in [-0.2, 0) is 4.74 Å². The molecule has 0 unspecified atom stereocenters. The van der Waals surface area contributed by atoms with Crippen LogP contribution in [0.1, 0.15) is 33.6 Å². The number of ether oxygens (including phenoxy) is 1. The van der Waals surface area contributed by atoms with E-state index in [1.54, 1.807) is 12.3 Å². The standard InChI is InChI=1S/C21H26N4O2/c1-16-4-5-19(17(2)14-16)25-9-6-18(15-22)20(25)21(26)23-7-3-8-24-10-12-27-13-11-24/h4-6,9,14H,3,7-8,10-13H2,1-2H3,(H,23,26). The van der Waals surface area contributed by atoms with Gasteiger partial charge in [0, 0.05) is 31.5 Å². The summed E-state index contributed by atoms with van der Waals surface area (Å²) in [4.78, 5) is 15.1. The zero-order valence-corrected chi connectivity index (χ0v) is 16.0. The summed E-state index contributed by atoms with van der Waals surface area (Å²) in [7, 11) is 0. The van der Waals surface area contributed by atoms with Crippen LogP contribution < -0.4 is 5.32 Å². The molecule has 0 aliphatic carbocycles. The lowest BCUT2D eigenvalue weighted by atomic mass is 10.1. The minimum absolute atomic E-state index is 0.210. The van der Waals surface area contributed by atoms with Crippen LogP contribution in [0.5, 0.6) is 0 Å². The van der Waals surface area contributed by atoms with Crippen LogP contribution >= 0.6 is 0 Å². The van der Waals surface area contributed by atoms with Gasteiger partial charge in [-0.25, -0.2) is 0 Å². The molecule has 1 fully saturated rings. The number of hydrogen-bond acceptors (Lipinski definition) is 4. The van der Waals surface area contributed by atoms with E-state index in [2.05, 4.69) is 22.4 Å². The molecule has 1 N–H and O–H groups in total. The number of rotatable bonds is 6. The molecular weight excluding hydrogens is 340 g/mol. The SMILES string of the molecule is Cc1ccc(-n2ccc(C#N)c2C(=O)NCCCN2CCOCC2)c(C)c1. The van der Waals surface area contributed by atoms with Gasteiger partial charge in [-0.05, 0) is 44.5 Å². The van der Waals surface area contributed by atoms with Gasteiger partial charge in [-0.1, -0.05) is 17.7 Å². The number of hydrogen-bond donors (Lipinski definition) is 1. The molecule has 1 aliphatic heterocycles. The highest BCUT2D eigenvalue weighted by molar-refractivity contribution is 5.96. The van der Waals surface area contributed by atoms with Crippen molar-refractivity contribution in [2.24, 2.45) is 0 Å². The molecule has 0 bridgehead atoms. The lowest BCUT2D eigenvalue weighted by molar-refractivity contribution is 0.0374. The summed E-state index contributed by atoms with van der Waals surface area (Å²) in [6, 6.07) is 9.91. The Morgan fingerprint density at radius 3 is 2.74 bits per heavy atom. The van der Waals surface area contributed by atoms with Gasteiger partial charge in [0.1, 0.15) is 11.8 Å². The molecule has 0 radical (unpaired) electrons. The molecule has 142 valence electrons. The number of benzene rings is 1. The Morgan fingerprint density at radius 1 is 1.26 bits per heavy atom. The van der Waals surface area contributed by atoms with Crippen molar-refractivity contribution in [1.82, 2.24) is 14.8 Å². The van der Waals surface area contributed by atoms with E-state index in [1.165, 1.54) is 0 Å². The maximum atomic E-state index is 12.8. The molecule has 2 heterocycles. The van der Waals surface area contributed by atoms with Crippen LogP contribution in [0.25, 0.3) is 5.69 Å². The second-order valence-corrected chi connectivity index (χ2v) is 6.91. The Kier molecular flexibility index (Phi) is 6.28. The molecule has 1 aromatic heterocycles. The maximum Gasteiger partial charge on any atom is 0.269 e. The molecule has 1 aromatic carbocycles. The highest BCUT2D eigenvalue weighted by Crippen LogP contribution is 2.21. The molecule has 6 heteroatoms. The Balaban J connectivity index is 1.68. The lowest BCUT2D eigenvalue weighted by Gasteiger charge is -2.26. The van der Waals surface area contributed by atoms with Crippen LogP contribution in [0.2, 0.25) is 0 Å². The number of morpholine rings is 1. The van der Waals surface area contributed by atoms with Crippen LogP contribution in [0.15, 0.2) is 30.5 Å². The summed E-state index contributed by atoms with van der Waals surface area (Å²) in [6.07, 6.45) is 2.66. The Morgan fingerprint density at radius 2 is 2.04 bits per heavy atom. The van der Waals surface area contributed by atoms with E-state index in [4.69, 9.17) is 4.74 Å². The van der Waals surface area contributed by atoms with Gasteiger partial charge in [-0.3, -0.25) is 9.69 Å². The van der Waals surface area contributed by atoms with E-state index in [0.29, 0.717) is 17.8 Å². The molecule has 2 aromatic rings. The molecule has 1 saturated heterocycles. The van der Waals surface area contributed by atoms with Crippen molar-refractivity contribution in [2.45, 2.75) is 20.3 Å². The van der Waals surface area contributed by atoms with Gasteiger partial charge in [0.15, 0.2) is 0 Å². The highest BCUT2D eigenvalue weighted by atomic mass is 16.5. The summed E-state index contributed by atoms with van der Waals surface area (Å²) < 4.78 is 7.16. The van der Waals surface area contributed by atoms with Crippen molar-refractivity contribution in [3.05, 3.63) is 52.8 Å². The Bertz CT molecular complexity index is 844. The van der Waals surface area contributed by atoms with Gasteiger partial charge in [-0.15, -0.1) is 0 Å². The summed E-state index contributed by atoms with van der Waals surface area (Å²) >= 11 is 0. The first-order valence-corrected chi connectivity index (χ1v) is 9.37. The van der Waals surface area contributed by atoms with E-state index in [1.807, 2.05) is 30.5 Å². The van der Waals surface area contributed by atoms with Gasteiger partial charge in [0.2, 0.25) is 0 Å². The third-order valence-corrected chi connectivity index (χ3v) is 4.87. The zero-order chi connectivity index (χ0) is 19.2. The summed E-state index contributed by atoms with van der Waals surface area (Å²) in [5, 5.41) is 12.4. The molecule has 27 heavy (non-hydrogen) atoms. The van der Waals surface area contributed by atoms with E-state index in [0.717, 1.165) is 56.1 Å². The predicted octanol–water partition coefficient (Wildman–Crippen LogP) is 2.42. The van der Waals surface area contributed by atoms with E-state index >= 15 is 0 Å². The van der Waals surface area contributed by atoms with Gasteiger partial charge in [0.05, 0.1) is 18.8 Å². The average molecular weight is 366 g/mol. The van der Waals surface area contributed by atoms with Gasteiger partial charge in [0.25, 0.3) is 5.91 Å². The molecule has 3 rings (SSSR count). The number of carbonyl (C=O) groups is 1. The van der Waals surface area contributed by atoms with E-state index in [-0.39, 0.29) is 5.91 Å². The minimum Gasteiger partial charge on any atom is -0.379 e. The smallest absolute Gasteiger partial charge is 0.269 e. The Labute approximate surface area is 160 Å². The van der Waals surface area contributed by atoms with Gasteiger partial charge in [-0.2, -0.15) is 5.26 Å². The molecule has 1 amide bonds. The lowest BCUT2D eigenvalue weighted by Crippen LogP contribution is -2.38. The molecule has 0 saturated carbocycles. The van der Waals surface area contributed by atoms with Crippen molar-refractivity contribution in [1.29, 1.82) is 5.26 Å². The predicted molar refractivity (Wildman–Crippen MR) is 104 cm³/mol. The van der Waals surface area contributed by atoms with E-state index < -0.39 is 0 Å². The van der Waals surface area contributed by atoms with Crippen LogP contribution in [0, 0.1) is 25.2 Å². The van der Waals surface area contributed by atoms with Crippen molar-refractivity contribution >= 4 is 5.91 Å². The van der Waals surface area contributed by atoms with Crippen molar-refractivity contribution < 1.29 is 9.53 Å². The number of amides is 1. The third-order valence-electron chi connectivity index (χ3n) is 4.87. The van der Waals surface area contributed by atoms with Crippen molar-refractivity contribution in [3.8, 4) is 11.8 Å². The number of nitriles is 1. The van der Waals surface area contributed by atoms with Gasteiger partial charge < -0.3 is 14.6 Å². The fourth-order valence-corrected chi connectivity index (χ4v) is 3.44.